The van der Waals surface area contributed by atoms with Crippen LogP contribution in [0.4, 0.5) is 17.6 Å². The van der Waals surface area contributed by atoms with Gasteiger partial charge in [0.2, 0.25) is 10.0 Å². The lowest BCUT2D eigenvalue weighted by atomic mass is 10.1. The molecule has 0 bridgehead atoms. The molecule has 30 heavy (non-hydrogen) atoms. The van der Waals surface area contributed by atoms with Crippen LogP contribution in [0.25, 0.3) is 6.08 Å². The van der Waals surface area contributed by atoms with Crippen molar-refractivity contribution < 1.29 is 30.8 Å². The Morgan fingerprint density at radius 1 is 0.967 bits per heavy atom. The Morgan fingerprint density at radius 2 is 1.60 bits per heavy atom. The van der Waals surface area contributed by atoms with Crippen LogP contribution in [0.1, 0.15) is 21.5 Å². The van der Waals surface area contributed by atoms with Crippen molar-refractivity contribution in [2.75, 3.05) is 26.2 Å². The van der Waals surface area contributed by atoms with E-state index < -0.39 is 33.5 Å². The van der Waals surface area contributed by atoms with Gasteiger partial charge in [-0.15, -0.1) is 0 Å². The van der Waals surface area contributed by atoms with Crippen molar-refractivity contribution in [2.45, 2.75) is 6.18 Å². The summed E-state index contributed by atoms with van der Waals surface area (Å²) in [6.07, 6.45) is -3.46. The molecule has 10 heteroatoms. The fourth-order valence-corrected chi connectivity index (χ4v) is 4.19. The molecule has 5 nitrogen and oxygen atoms in total. The molecular weight excluding hydrogens is 424 g/mol. The Labute approximate surface area is 171 Å². The van der Waals surface area contributed by atoms with E-state index >= 15 is 0 Å². The van der Waals surface area contributed by atoms with Crippen molar-refractivity contribution >= 4 is 22.0 Å². The van der Waals surface area contributed by atoms with Crippen LogP contribution < -0.4 is 0 Å². The molecule has 1 heterocycles. The minimum atomic E-state index is -4.92. The fourth-order valence-electron chi connectivity index (χ4n) is 3.02. The van der Waals surface area contributed by atoms with E-state index in [-0.39, 0.29) is 31.7 Å². The van der Waals surface area contributed by atoms with E-state index in [1.165, 1.54) is 15.3 Å². The number of hydrogen-bond acceptors (Lipinski definition) is 3. The third-order valence-corrected chi connectivity index (χ3v) is 6.20. The maximum atomic E-state index is 13.4. The average Bonchev–Trinajstić information content (AvgIpc) is 2.72. The molecule has 160 valence electrons. The van der Waals surface area contributed by atoms with E-state index in [0.29, 0.717) is 17.7 Å². The quantitative estimate of drug-likeness (QED) is 0.680. The topological polar surface area (TPSA) is 57.7 Å². The van der Waals surface area contributed by atoms with Gasteiger partial charge in [0.05, 0.1) is 5.56 Å². The Kier molecular flexibility index (Phi) is 6.27. The predicted molar refractivity (Wildman–Crippen MR) is 103 cm³/mol. The molecule has 0 unspecified atom stereocenters. The zero-order valence-corrected chi connectivity index (χ0v) is 16.5. The van der Waals surface area contributed by atoms with Gasteiger partial charge in [-0.05, 0) is 29.8 Å². The summed E-state index contributed by atoms with van der Waals surface area (Å²) in [7, 11) is -3.71. The van der Waals surface area contributed by atoms with Gasteiger partial charge in [-0.3, -0.25) is 4.79 Å². The molecule has 0 radical (unpaired) electrons. The maximum Gasteiger partial charge on any atom is 0.419 e. The normalized spacial score (nSPS) is 16.2. The van der Waals surface area contributed by atoms with Crippen LogP contribution in [-0.2, 0) is 16.2 Å². The third kappa shape index (κ3) is 5.06. The third-order valence-electron chi connectivity index (χ3n) is 4.64. The molecule has 0 spiro atoms. The molecule has 0 saturated carbocycles. The molecule has 0 aliphatic carbocycles. The lowest BCUT2D eigenvalue weighted by Crippen LogP contribution is -2.50. The van der Waals surface area contributed by atoms with Gasteiger partial charge in [0.1, 0.15) is 5.82 Å². The predicted octanol–water partition coefficient (Wildman–Crippen LogP) is 3.60. The Balaban J connectivity index is 1.67. The number of carbonyl (C=O) groups excluding carboxylic acids is 1. The highest BCUT2D eigenvalue weighted by molar-refractivity contribution is 7.92. The number of benzene rings is 2. The summed E-state index contributed by atoms with van der Waals surface area (Å²) >= 11 is 0. The largest absolute Gasteiger partial charge is 0.419 e. The SMILES string of the molecule is O=C(c1ccc(F)c(C(F)(F)F)c1)N1CCN(S(=O)(=O)/C=C/c2ccccc2)CC1. The van der Waals surface area contributed by atoms with E-state index in [1.54, 1.807) is 30.3 Å². The molecule has 2 aromatic carbocycles. The standard InChI is InChI=1S/C20H18F4N2O3S/c21-18-7-6-16(14-17(18)20(22,23)24)19(27)25-9-11-26(12-10-25)30(28,29)13-8-15-4-2-1-3-5-15/h1-8,13-14H,9-12H2/b13-8+. The Morgan fingerprint density at radius 3 is 2.20 bits per heavy atom. The molecule has 0 aromatic heterocycles. The van der Waals surface area contributed by atoms with Crippen LogP contribution in [0.15, 0.2) is 53.9 Å². The van der Waals surface area contributed by atoms with Crippen LogP contribution in [0.5, 0.6) is 0 Å². The van der Waals surface area contributed by atoms with E-state index in [1.807, 2.05) is 0 Å². The van der Waals surface area contributed by atoms with Crippen LogP contribution >= 0.6 is 0 Å². The van der Waals surface area contributed by atoms with Crippen molar-refractivity contribution in [3.8, 4) is 0 Å². The number of nitrogens with zero attached hydrogens (tertiary/aromatic N) is 2. The number of piperazine rings is 1. The van der Waals surface area contributed by atoms with Crippen LogP contribution in [-0.4, -0.2) is 49.7 Å². The number of carbonyl (C=O) groups is 1. The molecule has 0 atom stereocenters. The van der Waals surface area contributed by atoms with E-state index in [2.05, 4.69) is 0 Å². The van der Waals surface area contributed by atoms with Crippen molar-refractivity contribution in [1.82, 2.24) is 9.21 Å². The molecule has 0 N–H and O–H groups in total. The van der Waals surface area contributed by atoms with Crippen LogP contribution in [0.3, 0.4) is 0 Å². The Hall–Kier alpha value is -2.72. The highest BCUT2D eigenvalue weighted by Crippen LogP contribution is 2.32. The lowest BCUT2D eigenvalue weighted by Gasteiger charge is -2.33. The minimum absolute atomic E-state index is 0.000522. The second-order valence-electron chi connectivity index (χ2n) is 6.64. The summed E-state index contributed by atoms with van der Waals surface area (Å²) in [5, 5.41) is 1.08. The van der Waals surface area contributed by atoms with Gasteiger partial charge >= 0.3 is 6.18 Å². The first-order valence-corrected chi connectivity index (χ1v) is 10.5. The van der Waals surface area contributed by atoms with Crippen molar-refractivity contribution in [1.29, 1.82) is 0 Å². The maximum absolute atomic E-state index is 13.4. The van der Waals surface area contributed by atoms with Crippen molar-refractivity contribution in [2.24, 2.45) is 0 Å². The van der Waals surface area contributed by atoms with Gasteiger partial charge in [-0.1, -0.05) is 30.3 Å². The fraction of sp³-hybridized carbons (Fsp3) is 0.250. The summed E-state index contributed by atoms with van der Waals surface area (Å²) in [6.45, 7) is 0.0208. The first-order chi connectivity index (χ1) is 14.1. The molecule has 1 amide bonds. The summed E-state index contributed by atoms with van der Waals surface area (Å²) in [6, 6.07) is 10.9. The average molecular weight is 442 g/mol. The number of hydrogen-bond donors (Lipinski definition) is 0. The molecule has 1 aliphatic heterocycles. The molecule has 1 fully saturated rings. The van der Waals surface area contributed by atoms with Gasteiger partial charge in [0.15, 0.2) is 0 Å². The van der Waals surface area contributed by atoms with E-state index in [9.17, 15) is 30.8 Å². The number of rotatable bonds is 4. The van der Waals surface area contributed by atoms with Gasteiger partial charge in [0.25, 0.3) is 5.91 Å². The van der Waals surface area contributed by atoms with E-state index in [4.69, 9.17) is 0 Å². The molecule has 1 aliphatic rings. The van der Waals surface area contributed by atoms with Crippen molar-refractivity contribution in [3.63, 3.8) is 0 Å². The van der Waals surface area contributed by atoms with Gasteiger partial charge in [-0.2, -0.15) is 17.5 Å². The first kappa shape index (κ1) is 22.0. The summed E-state index contributed by atoms with van der Waals surface area (Å²) < 4.78 is 78.2. The first-order valence-electron chi connectivity index (χ1n) is 8.97. The molecule has 3 rings (SSSR count). The number of halogens is 4. The highest BCUT2D eigenvalue weighted by atomic mass is 32.2. The summed E-state index contributed by atoms with van der Waals surface area (Å²) in [5.41, 5.74) is -1.10. The van der Waals surface area contributed by atoms with Crippen molar-refractivity contribution in [3.05, 3.63) is 76.4 Å². The van der Waals surface area contributed by atoms with Crippen LogP contribution in [0, 0.1) is 5.82 Å². The Bertz CT molecular complexity index is 1050. The minimum Gasteiger partial charge on any atom is -0.336 e. The summed E-state index contributed by atoms with van der Waals surface area (Å²) in [5.74, 6) is -2.17. The lowest BCUT2D eigenvalue weighted by molar-refractivity contribution is -0.140. The number of amides is 1. The smallest absolute Gasteiger partial charge is 0.336 e. The number of alkyl halides is 3. The highest BCUT2D eigenvalue weighted by Gasteiger charge is 2.35. The van der Waals surface area contributed by atoms with E-state index in [0.717, 1.165) is 11.5 Å². The second-order valence-corrected chi connectivity index (χ2v) is 8.46. The van der Waals surface area contributed by atoms with Gasteiger partial charge < -0.3 is 4.90 Å². The van der Waals surface area contributed by atoms with Gasteiger partial charge in [-0.25, -0.2) is 12.8 Å². The van der Waals surface area contributed by atoms with Gasteiger partial charge in [0, 0.05) is 37.2 Å². The summed E-state index contributed by atoms with van der Waals surface area (Å²) in [4.78, 5) is 13.8. The monoisotopic (exact) mass is 442 g/mol. The van der Waals surface area contributed by atoms with Crippen LogP contribution in [0.2, 0.25) is 0 Å². The molecule has 2 aromatic rings. The number of sulfonamides is 1. The zero-order valence-electron chi connectivity index (χ0n) is 15.6. The second kappa shape index (κ2) is 8.57. The zero-order chi connectivity index (χ0) is 21.9. The molecule has 1 saturated heterocycles. The molecular formula is C20H18F4N2O3S.